The average Bonchev–Trinajstić information content (AvgIpc) is 3.25. The molecule has 7 nitrogen and oxygen atoms in total. The molecule has 25 heavy (non-hydrogen) atoms. The minimum atomic E-state index is -0.168. The minimum absolute atomic E-state index is 0.168. The number of amides is 2. The molecule has 7 heteroatoms. The number of aromatic nitrogens is 2. The molecule has 1 aromatic carbocycles. The van der Waals surface area contributed by atoms with Gasteiger partial charge < -0.3 is 19.8 Å². The minimum Gasteiger partial charge on any atom is -0.421 e. The van der Waals surface area contributed by atoms with Crippen molar-refractivity contribution >= 4 is 11.7 Å². The molecule has 2 heterocycles. The number of aryl methyl sites for hydroxylation is 1. The Balaban J connectivity index is 1.36. The van der Waals surface area contributed by atoms with E-state index < -0.39 is 0 Å². The molecule has 1 aliphatic heterocycles. The molecule has 2 N–H and O–H groups in total. The fraction of sp³-hybridized carbons (Fsp3) is 0.500. The van der Waals surface area contributed by atoms with Gasteiger partial charge in [0.05, 0.1) is 6.10 Å². The number of ether oxygens (including phenoxy) is 1. The lowest BCUT2D eigenvalue weighted by atomic mass is 9.82. The van der Waals surface area contributed by atoms with Crippen LogP contribution in [0.15, 0.2) is 28.7 Å². The van der Waals surface area contributed by atoms with Crippen molar-refractivity contribution in [2.75, 3.05) is 11.9 Å². The molecular weight excluding hydrogens is 320 g/mol. The van der Waals surface area contributed by atoms with Gasteiger partial charge in [0.2, 0.25) is 11.8 Å². The van der Waals surface area contributed by atoms with E-state index in [1.807, 2.05) is 24.3 Å². The van der Waals surface area contributed by atoms with Crippen molar-refractivity contribution in [2.45, 2.75) is 44.8 Å². The van der Waals surface area contributed by atoms with Crippen LogP contribution in [0.2, 0.25) is 0 Å². The van der Waals surface area contributed by atoms with Crippen LogP contribution in [0.5, 0.6) is 0 Å². The van der Waals surface area contributed by atoms with Crippen molar-refractivity contribution in [2.24, 2.45) is 5.92 Å². The predicted molar refractivity (Wildman–Crippen MR) is 92.1 cm³/mol. The molecule has 1 saturated carbocycles. The third-order valence-electron chi connectivity index (χ3n) is 5.01. The summed E-state index contributed by atoms with van der Waals surface area (Å²) in [6.45, 7) is 2.56. The van der Waals surface area contributed by atoms with Crippen molar-refractivity contribution in [3.05, 3.63) is 30.2 Å². The first-order valence-electron chi connectivity index (χ1n) is 8.79. The number of carbonyl (C=O) groups is 1. The third kappa shape index (κ3) is 3.51. The number of hydrogen-bond donors (Lipinski definition) is 2. The number of nitrogens with zero attached hydrogens (tertiary/aromatic N) is 2. The van der Waals surface area contributed by atoms with Gasteiger partial charge >= 0.3 is 6.03 Å². The van der Waals surface area contributed by atoms with Crippen LogP contribution in [0.4, 0.5) is 10.5 Å². The highest BCUT2D eigenvalue weighted by molar-refractivity contribution is 5.89. The van der Waals surface area contributed by atoms with Gasteiger partial charge in [0, 0.05) is 36.7 Å². The Morgan fingerprint density at radius 1 is 1.16 bits per heavy atom. The normalized spacial score (nSPS) is 25.4. The summed E-state index contributed by atoms with van der Waals surface area (Å²) >= 11 is 0. The molecule has 2 fully saturated rings. The molecular formula is C18H22N4O3. The largest absolute Gasteiger partial charge is 0.421 e. The summed E-state index contributed by atoms with van der Waals surface area (Å²) in [5.41, 5.74) is 1.55. The van der Waals surface area contributed by atoms with E-state index in [-0.39, 0.29) is 12.1 Å². The van der Waals surface area contributed by atoms with Gasteiger partial charge in [-0.1, -0.05) is 0 Å². The topological polar surface area (TPSA) is 89.3 Å². The van der Waals surface area contributed by atoms with Crippen molar-refractivity contribution in [1.82, 2.24) is 15.5 Å². The second kappa shape index (κ2) is 6.84. The fourth-order valence-corrected chi connectivity index (χ4v) is 3.80. The molecule has 3 atom stereocenters. The molecule has 132 valence electrons. The molecule has 0 spiro atoms. The molecule has 4 rings (SSSR count). The summed E-state index contributed by atoms with van der Waals surface area (Å²) in [5.74, 6) is 1.45. The number of urea groups is 1. The van der Waals surface area contributed by atoms with Crippen LogP contribution in [0.3, 0.4) is 0 Å². The zero-order chi connectivity index (χ0) is 17.2. The van der Waals surface area contributed by atoms with E-state index in [4.69, 9.17) is 9.15 Å². The Morgan fingerprint density at radius 3 is 2.76 bits per heavy atom. The first-order chi connectivity index (χ1) is 12.2. The van der Waals surface area contributed by atoms with Gasteiger partial charge in [0.15, 0.2) is 0 Å². The highest BCUT2D eigenvalue weighted by Crippen LogP contribution is 2.34. The highest BCUT2D eigenvalue weighted by Gasteiger charge is 2.38. The predicted octanol–water partition coefficient (Wildman–Crippen LogP) is 3.12. The summed E-state index contributed by atoms with van der Waals surface area (Å²) < 4.78 is 11.1. The van der Waals surface area contributed by atoms with Crippen LogP contribution in [0, 0.1) is 12.8 Å². The van der Waals surface area contributed by atoms with E-state index in [0.29, 0.717) is 23.8 Å². The number of rotatable bonds is 3. The number of carbonyl (C=O) groups excluding carboxylic acids is 1. The lowest BCUT2D eigenvalue weighted by Gasteiger charge is -2.33. The SMILES string of the molecule is Cc1nnc(-c2ccc(NC(=O)N[C@@H]3CCC[C@@H]4OCC[C@@H]43)cc2)o1. The molecule has 0 bridgehead atoms. The lowest BCUT2D eigenvalue weighted by Crippen LogP contribution is -2.47. The van der Waals surface area contributed by atoms with Crippen molar-refractivity contribution in [1.29, 1.82) is 0 Å². The second-order valence-electron chi connectivity index (χ2n) is 6.70. The zero-order valence-corrected chi connectivity index (χ0v) is 14.2. The van der Waals surface area contributed by atoms with Crippen LogP contribution in [0.1, 0.15) is 31.6 Å². The number of fused-ring (bicyclic) bond motifs is 1. The summed E-state index contributed by atoms with van der Waals surface area (Å²) in [6, 6.07) is 7.39. The molecule has 2 aromatic rings. The Bertz CT molecular complexity index is 743. The van der Waals surface area contributed by atoms with Crippen molar-refractivity contribution in [3.8, 4) is 11.5 Å². The van der Waals surface area contributed by atoms with Gasteiger partial charge in [-0.25, -0.2) is 4.79 Å². The molecule has 1 aliphatic carbocycles. The first kappa shape index (κ1) is 16.1. The Hall–Kier alpha value is -2.41. The number of hydrogen-bond acceptors (Lipinski definition) is 5. The summed E-state index contributed by atoms with van der Waals surface area (Å²) in [6.07, 6.45) is 4.59. The van der Waals surface area contributed by atoms with Gasteiger partial charge in [-0.3, -0.25) is 0 Å². The highest BCUT2D eigenvalue weighted by atomic mass is 16.5. The van der Waals surface area contributed by atoms with Gasteiger partial charge in [-0.2, -0.15) is 0 Å². The van der Waals surface area contributed by atoms with Crippen LogP contribution in [0.25, 0.3) is 11.5 Å². The maximum atomic E-state index is 12.3. The van der Waals surface area contributed by atoms with Crippen LogP contribution in [-0.4, -0.2) is 35.0 Å². The maximum absolute atomic E-state index is 12.3. The monoisotopic (exact) mass is 342 g/mol. The summed E-state index contributed by atoms with van der Waals surface area (Å²) in [4.78, 5) is 12.3. The van der Waals surface area contributed by atoms with E-state index in [1.165, 1.54) is 0 Å². The van der Waals surface area contributed by atoms with Crippen molar-refractivity contribution < 1.29 is 13.9 Å². The Kier molecular flexibility index (Phi) is 4.40. The molecule has 1 saturated heterocycles. The van der Waals surface area contributed by atoms with Gasteiger partial charge in [0.1, 0.15) is 0 Å². The van der Waals surface area contributed by atoms with Crippen molar-refractivity contribution in [3.63, 3.8) is 0 Å². The van der Waals surface area contributed by atoms with Crippen LogP contribution < -0.4 is 10.6 Å². The lowest BCUT2D eigenvalue weighted by molar-refractivity contribution is 0.0553. The molecule has 0 unspecified atom stereocenters. The van der Waals surface area contributed by atoms with Gasteiger partial charge in [0.25, 0.3) is 0 Å². The molecule has 2 aliphatic rings. The second-order valence-corrected chi connectivity index (χ2v) is 6.70. The fourth-order valence-electron chi connectivity index (χ4n) is 3.80. The first-order valence-corrected chi connectivity index (χ1v) is 8.79. The molecule has 1 aromatic heterocycles. The molecule has 0 radical (unpaired) electrons. The van der Waals surface area contributed by atoms with Gasteiger partial charge in [-0.05, 0) is 49.9 Å². The smallest absolute Gasteiger partial charge is 0.319 e. The van der Waals surface area contributed by atoms with E-state index in [9.17, 15) is 4.79 Å². The zero-order valence-electron chi connectivity index (χ0n) is 14.2. The number of anilines is 1. The Morgan fingerprint density at radius 2 is 2.00 bits per heavy atom. The maximum Gasteiger partial charge on any atom is 0.319 e. The number of nitrogens with one attached hydrogen (secondary N) is 2. The summed E-state index contributed by atoms with van der Waals surface area (Å²) in [7, 11) is 0. The third-order valence-corrected chi connectivity index (χ3v) is 5.01. The summed E-state index contributed by atoms with van der Waals surface area (Å²) in [5, 5.41) is 13.8. The van der Waals surface area contributed by atoms with Crippen LogP contribution >= 0.6 is 0 Å². The van der Waals surface area contributed by atoms with Gasteiger partial charge in [-0.15, -0.1) is 10.2 Å². The quantitative estimate of drug-likeness (QED) is 0.894. The molecule has 2 amide bonds. The van der Waals surface area contributed by atoms with Crippen LogP contribution in [-0.2, 0) is 4.74 Å². The average molecular weight is 342 g/mol. The van der Waals surface area contributed by atoms with E-state index >= 15 is 0 Å². The van der Waals surface area contributed by atoms with E-state index in [1.54, 1.807) is 6.92 Å². The van der Waals surface area contributed by atoms with E-state index in [0.717, 1.165) is 43.5 Å². The Labute approximate surface area is 146 Å². The number of benzene rings is 1. The van der Waals surface area contributed by atoms with E-state index in [2.05, 4.69) is 20.8 Å². The standard InChI is InChI=1S/C18H22N4O3/c1-11-21-22-17(25-11)12-5-7-13(8-6-12)19-18(23)20-15-3-2-4-16-14(15)9-10-24-16/h5-8,14-16H,2-4,9-10H2,1H3,(H2,19,20,23)/t14-,15-,16+/m1/s1.